The molecule has 4 nitrogen and oxygen atoms in total. The molecular weight excluding hydrogens is 451 g/mol. The van der Waals surface area contributed by atoms with Gasteiger partial charge in [0, 0.05) is 35.5 Å². The molecule has 1 aromatic heterocycles. The van der Waals surface area contributed by atoms with Crippen molar-refractivity contribution in [3.05, 3.63) is 15.6 Å². The average molecular weight is 480 g/mol. The second-order valence-electron chi connectivity index (χ2n) is 6.66. The van der Waals surface area contributed by atoms with Crippen LogP contribution in [0.25, 0.3) is 0 Å². The second kappa shape index (κ2) is 9.07. The summed E-state index contributed by atoms with van der Waals surface area (Å²) in [5.74, 6) is 2.28. The SMILES string of the molecule is CN=C(NCc1sc(C)nc1C)N1CCSC2(CCCCC2)C1.I. The summed E-state index contributed by atoms with van der Waals surface area (Å²) < 4.78 is 0.477. The minimum atomic E-state index is 0. The minimum Gasteiger partial charge on any atom is -0.351 e. The van der Waals surface area contributed by atoms with Crippen molar-refractivity contribution in [3.63, 3.8) is 0 Å². The topological polar surface area (TPSA) is 40.5 Å². The van der Waals surface area contributed by atoms with Crippen molar-refractivity contribution in [1.82, 2.24) is 15.2 Å². The quantitative estimate of drug-likeness (QED) is 0.391. The number of aliphatic imine (C=N–C) groups is 1. The van der Waals surface area contributed by atoms with E-state index in [-0.39, 0.29) is 24.0 Å². The largest absolute Gasteiger partial charge is 0.351 e. The van der Waals surface area contributed by atoms with Crippen molar-refractivity contribution in [2.75, 3.05) is 25.9 Å². The van der Waals surface area contributed by atoms with Crippen molar-refractivity contribution in [1.29, 1.82) is 0 Å². The molecule has 1 spiro atoms. The van der Waals surface area contributed by atoms with Crippen molar-refractivity contribution in [2.45, 2.75) is 57.2 Å². The smallest absolute Gasteiger partial charge is 0.194 e. The van der Waals surface area contributed by atoms with Crippen molar-refractivity contribution < 1.29 is 0 Å². The van der Waals surface area contributed by atoms with Crippen LogP contribution in [0.5, 0.6) is 0 Å². The Kier molecular flexibility index (Phi) is 7.67. The number of rotatable bonds is 2. The molecule has 1 saturated heterocycles. The average Bonchev–Trinajstić information content (AvgIpc) is 2.87. The van der Waals surface area contributed by atoms with Gasteiger partial charge in [-0.25, -0.2) is 4.98 Å². The number of nitrogens with zero attached hydrogens (tertiary/aromatic N) is 3. The standard InChI is InChI=1S/C17H28N4S2.HI/c1-13-15(23-14(2)20-13)11-19-16(18-3)21-9-10-22-17(12-21)7-5-4-6-8-17;/h4-12H2,1-3H3,(H,18,19);1H. The lowest BCUT2D eigenvalue weighted by atomic mass is 9.87. The highest BCUT2D eigenvalue weighted by molar-refractivity contribution is 14.0. The van der Waals surface area contributed by atoms with Crippen molar-refractivity contribution in [3.8, 4) is 0 Å². The van der Waals surface area contributed by atoms with Crippen LogP contribution in [0, 0.1) is 13.8 Å². The predicted octanol–water partition coefficient (Wildman–Crippen LogP) is 4.21. The van der Waals surface area contributed by atoms with E-state index in [2.05, 4.69) is 45.8 Å². The zero-order chi connectivity index (χ0) is 16.3. The van der Waals surface area contributed by atoms with E-state index in [1.54, 1.807) is 11.3 Å². The molecule has 2 aliphatic rings. The van der Waals surface area contributed by atoms with E-state index in [1.807, 2.05) is 7.05 Å². The van der Waals surface area contributed by atoms with Gasteiger partial charge in [-0.3, -0.25) is 4.99 Å². The predicted molar refractivity (Wildman–Crippen MR) is 117 cm³/mol. The summed E-state index contributed by atoms with van der Waals surface area (Å²) in [6, 6.07) is 0. The summed E-state index contributed by atoms with van der Waals surface area (Å²) in [5.41, 5.74) is 1.15. The fourth-order valence-electron chi connectivity index (χ4n) is 3.75. The van der Waals surface area contributed by atoms with Gasteiger partial charge >= 0.3 is 0 Å². The molecule has 1 saturated carbocycles. The zero-order valence-corrected chi connectivity index (χ0v) is 18.9. The maximum absolute atomic E-state index is 4.55. The molecule has 2 heterocycles. The molecule has 1 aliphatic carbocycles. The molecule has 1 aliphatic heterocycles. The molecule has 0 bridgehead atoms. The summed E-state index contributed by atoms with van der Waals surface area (Å²) in [6.07, 6.45) is 6.95. The molecule has 1 aromatic rings. The number of aryl methyl sites for hydroxylation is 2. The fourth-order valence-corrected chi connectivity index (χ4v) is 6.20. The third-order valence-corrected chi connectivity index (χ3v) is 7.54. The Bertz CT molecular complexity index is 561. The van der Waals surface area contributed by atoms with Crippen LogP contribution in [0.4, 0.5) is 0 Å². The Hall–Kier alpha value is -0.0200. The lowest BCUT2D eigenvalue weighted by molar-refractivity contribution is 0.293. The van der Waals surface area contributed by atoms with Gasteiger partial charge in [0.05, 0.1) is 17.2 Å². The number of hydrogen-bond donors (Lipinski definition) is 1. The molecule has 0 radical (unpaired) electrons. The molecule has 2 fully saturated rings. The first-order valence-electron chi connectivity index (χ1n) is 8.64. The number of nitrogens with one attached hydrogen (secondary N) is 1. The molecule has 136 valence electrons. The Morgan fingerprint density at radius 3 is 2.67 bits per heavy atom. The van der Waals surface area contributed by atoms with Crippen molar-refractivity contribution >= 4 is 53.0 Å². The first-order chi connectivity index (χ1) is 11.1. The molecule has 7 heteroatoms. The summed E-state index contributed by atoms with van der Waals surface area (Å²) in [5, 5.41) is 4.71. The van der Waals surface area contributed by atoms with Crippen LogP contribution < -0.4 is 5.32 Å². The number of guanidine groups is 1. The lowest BCUT2D eigenvalue weighted by Gasteiger charge is -2.45. The monoisotopic (exact) mass is 480 g/mol. The van der Waals surface area contributed by atoms with Gasteiger partial charge in [-0.05, 0) is 26.7 Å². The summed E-state index contributed by atoms with van der Waals surface area (Å²) in [4.78, 5) is 12.9. The zero-order valence-electron chi connectivity index (χ0n) is 14.9. The first kappa shape index (κ1) is 20.3. The molecule has 0 atom stereocenters. The normalized spacial score (nSPS) is 20.8. The van der Waals surface area contributed by atoms with Gasteiger partial charge in [-0.2, -0.15) is 11.8 Å². The van der Waals surface area contributed by atoms with Gasteiger partial charge in [0.15, 0.2) is 5.96 Å². The Balaban J connectivity index is 0.00000208. The maximum Gasteiger partial charge on any atom is 0.194 e. The van der Waals surface area contributed by atoms with Crippen LogP contribution in [0.1, 0.15) is 47.7 Å². The fraction of sp³-hybridized carbons (Fsp3) is 0.765. The van der Waals surface area contributed by atoms with Crippen LogP contribution in [-0.4, -0.2) is 46.5 Å². The van der Waals surface area contributed by atoms with E-state index in [4.69, 9.17) is 0 Å². The van der Waals surface area contributed by atoms with Crippen LogP contribution in [0.2, 0.25) is 0 Å². The van der Waals surface area contributed by atoms with Crippen LogP contribution in [0.3, 0.4) is 0 Å². The summed E-state index contributed by atoms with van der Waals surface area (Å²) in [7, 11) is 1.91. The van der Waals surface area contributed by atoms with E-state index in [9.17, 15) is 0 Å². The van der Waals surface area contributed by atoms with Gasteiger partial charge in [0.2, 0.25) is 0 Å². The minimum absolute atomic E-state index is 0. The van der Waals surface area contributed by atoms with Crippen LogP contribution in [0.15, 0.2) is 4.99 Å². The summed E-state index contributed by atoms with van der Waals surface area (Å²) in [6.45, 7) is 7.26. The maximum atomic E-state index is 4.55. The Morgan fingerprint density at radius 2 is 2.04 bits per heavy atom. The number of aromatic nitrogens is 1. The highest BCUT2D eigenvalue weighted by Gasteiger charge is 2.38. The Labute approximate surface area is 171 Å². The molecule has 1 N–H and O–H groups in total. The molecule has 0 aromatic carbocycles. The molecule has 24 heavy (non-hydrogen) atoms. The van der Waals surface area contributed by atoms with Crippen molar-refractivity contribution in [2.24, 2.45) is 4.99 Å². The van der Waals surface area contributed by atoms with Gasteiger partial charge in [-0.1, -0.05) is 19.3 Å². The number of thiazole rings is 1. The molecule has 0 amide bonds. The van der Waals surface area contributed by atoms with Crippen LogP contribution in [-0.2, 0) is 6.54 Å². The highest BCUT2D eigenvalue weighted by atomic mass is 127. The third-order valence-electron chi connectivity index (χ3n) is 4.93. The number of hydrogen-bond acceptors (Lipinski definition) is 4. The Morgan fingerprint density at radius 1 is 1.29 bits per heavy atom. The lowest BCUT2D eigenvalue weighted by Crippen LogP contribution is -2.53. The third kappa shape index (κ3) is 4.78. The van der Waals surface area contributed by atoms with Crippen LogP contribution >= 0.6 is 47.1 Å². The number of halogens is 1. The number of thioether (sulfide) groups is 1. The van der Waals surface area contributed by atoms with E-state index < -0.39 is 0 Å². The van der Waals surface area contributed by atoms with Gasteiger partial charge in [-0.15, -0.1) is 35.3 Å². The summed E-state index contributed by atoms with van der Waals surface area (Å²) >= 11 is 3.99. The second-order valence-corrected chi connectivity index (χ2v) is 9.51. The van der Waals surface area contributed by atoms with Gasteiger partial charge < -0.3 is 10.2 Å². The van der Waals surface area contributed by atoms with E-state index >= 15 is 0 Å². The molecular formula is C17H29IN4S2. The van der Waals surface area contributed by atoms with E-state index in [0.29, 0.717) is 4.75 Å². The van der Waals surface area contributed by atoms with Gasteiger partial charge in [0.25, 0.3) is 0 Å². The highest BCUT2D eigenvalue weighted by Crippen LogP contribution is 2.42. The molecule has 0 unspecified atom stereocenters. The van der Waals surface area contributed by atoms with Gasteiger partial charge in [0.1, 0.15) is 0 Å². The molecule has 3 rings (SSSR count). The van der Waals surface area contributed by atoms with E-state index in [0.717, 1.165) is 36.3 Å². The van der Waals surface area contributed by atoms with E-state index in [1.165, 1.54) is 42.7 Å². The first-order valence-corrected chi connectivity index (χ1v) is 10.4.